The molecule has 0 aliphatic rings. The fourth-order valence-electron chi connectivity index (χ4n) is 2.02. The molecule has 1 heterocycles. The fourth-order valence-corrected chi connectivity index (χ4v) is 3.15. The van der Waals surface area contributed by atoms with E-state index in [1.165, 1.54) is 16.9 Å². The minimum Gasteiger partial charge on any atom is -0.454 e. The molecule has 0 aliphatic carbocycles. The quantitative estimate of drug-likeness (QED) is 0.588. The first-order chi connectivity index (χ1) is 11.1. The van der Waals surface area contributed by atoms with E-state index in [0.717, 1.165) is 16.3 Å². The smallest absolute Gasteiger partial charge is 0.183 e. The van der Waals surface area contributed by atoms with E-state index in [1.807, 2.05) is 43.3 Å². The first-order valence-corrected chi connectivity index (χ1v) is 8.56. The number of para-hydroxylation sites is 1. The highest BCUT2D eigenvalue weighted by atomic mass is 35.5. The zero-order valence-corrected chi connectivity index (χ0v) is 14.7. The van der Waals surface area contributed by atoms with Crippen LogP contribution >= 0.6 is 34.5 Å². The van der Waals surface area contributed by atoms with Crippen molar-refractivity contribution < 1.29 is 4.74 Å². The van der Waals surface area contributed by atoms with Crippen LogP contribution in [0.15, 0.2) is 48.7 Å². The Balaban J connectivity index is 1.80. The molecule has 23 heavy (non-hydrogen) atoms. The van der Waals surface area contributed by atoms with Crippen molar-refractivity contribution in [2.45, 2.75) is 13.5 Å². The molecule has 3 aromatic rings. The molecule has 0 fully saturated rings. The average molecular weight is 365 g/mol. The van der Waals surface area contributed by atoms with E-state index < -0.39 is 0 Å². The largest absolute Gasteiger partial charge is 0.454 e. The van der Waals surface area contributed by atoms with Crippen molar-refractivity contribution in [1.29, 1.82) is 0 Å². The molecule has 1 N–H and O–H groups in total. The number of benzene rings is 2. The van der Waals surface area contributed by atoms with Crippen molar-refractivity contribution in [3.05, 3.63) is 68.6 Å². The second-order valence-electron chi connectivity index (χ2n) is 4.96. The van der Waals surface area contributed by atoms with Gasteiger partial charge in [0.25, 0.3) is 0 Å². The summed E-state index contributed by atoms with van der Waals surface area (Å²) in [6.07, 6.45) is 1.76. The SMILES string of the molecule is Cc1ccc(Oc2c(Cl)cccc2NCc2cnc(Cl)s2)cc1. The fraction of sp³-hybridized carbons (Fsp3) is 0.118. The van der Waals surface area contributed by atoms with Crippen LogP contribution < -0.4 is 10.1 Å². The predicted molar refractivity (Wildman–Crippen MR) is 97.2 cm³/mol. The minimum absolute atomic E-state index is 0.532. The van der Waals surface area contributed by atoms with E-state index in [1.54, 1.807) is 12.3 Å². The van der Waals surface area contributed by atoms with Crippen LogP contribution in [0.1, 0.15) is 10.4 Å². The molecule has 0 saturated carbocycles. The number of thiazole rings is 1. The topological polar surface area (TPSA) is 34.1 Å². The number of aryl methyl sites for hydroxylation is 1. The summed E-state index contributed by atoms with van der Waals surface area (Å²) in [5.41, 5.74) is 2.00. The summed E-state index contributed by atoms with van der Waals surface area (Å²) in [6, 6.07) is 13.5. The standard InChI is InChI=1S/C17H14Cl2N2OS/c1-11-5-7-12(8-6-11)22-16-14(18)3-2-4-15(16)20-9-13-10-21-17(19)23-13/h2-8,10,20H,9H2,1H3. The van der Waals surface area contributed by atoms with Crippen molar-refractivity contribution in [2.75, 3.05) is 5.32 Å². The number of rotatable bonds is 5. The Hall–Kier alpha value is -1.75. The van der Waals surface area contributed by atoms with Gasteiger partial charge < -0.3 is 10.1 Å². The van der Waals surface area contributed by atoms with Gasteiger partial charge in [0.15, 0.2) is 10.2 Å². The van der Waals surface area contributed by atoms with Crippen LogP contribution in [0.3, 0.4) is 0 Å². The molecular formula is C17H14Cl2N2OS. The summed E-state index contributed by atoms with van der Waals surface area (Å²) in [5.74, 6) is 1.35. The maximum absolute atomic E-state index is 6.30. The van der Waals surface area contributed by atoms with Gasteiger partial charge in [-0.05, 0) is 31.2 Å². The third-order valence-electron chi connectivity index (χ3n) is 3.19. The van der Waals surface area contributed by atoms with E-state index in [9.17, 15) is 0 Å². The van der Waals surface area contributed by atoms with Gasteiger partial charge in [-0.3, -0.25) is 0 Å². The molecule has 3 rings (SSSR count). The van der Waals surface area contributed by atoms with Gasteiger partial charge >= 0.3 is 0 Å². The summed E-state index contributed by atoms with van der Waals surface area (Å²) < 4.78 is 6.49. The van der Waals surface area contributed by atoms with Crippen molar-refractivity contribution in [3.8, 4) is 11.5 Å². The molecule has 0 radical (unpaired) electrons. The molecule has 6 heteroatoms. The Morgan fingerprint density at radius 1 is 1.13 bits per heavy atom. The zero-order valence-electron chi connectivity index (χ0n) is 12.3. The summed E-state index contributed by atoms with van der Waals surface area (Å²) in [6.45, 7) is 2.64. The monoisotopic (exact) mass is 364 g/mol. The van der Waals surface area contributed by atoms with Crippen LogP contribution in [-0.2, 0) is 6.54 Å². The maximum Gasteiger partial charge on any atom is 0.183 e. The maximum atomic E-state index is 6.30. The van der Waals surface area contributed by atoms with E-state index in [2.05, 4.69) is 10.3 Å². The molecule has 2 aromatic carbocycles. The molecule has 0 amide bonds. The summed E-state index contributed by atoms with van der Waals surface area (Å²) >= 11 is 13.6. The highest BCUT2D eigenvalue weighted by molar-refractivity contribution is 7.15. The number of aromatic nitrogens is 1. The summed E-state index contributed by atoms with van der Waals surface area (Å²) in [7, 11) is 0. The minimum atomic E-state index is 0.532. The average Bonchev–Trinajstić information content (AvgIpc) is 2.95. The number of hydrogen-bond acceptors (Lipinski definition) is 4. The van der Waals surface area contributed by atoms with Crippen molar-refractivity contribution in [2.24, 2.45) is 0 Å². The zero-order chi connectivity index (χ0) is 16.2. The molecule has 3 nitrogen and oxygen atoms in total. The molecule has 0 aliphatic heterocycles. The van der Waals surface area contributed by atoms with E-state index in [-0.39, 0.29) is 0 Å². The van der Waals surface area contributed by atoms with Gasteiger partial charge in [-0.1, -0.05) is 47.0 Å². The first kappa shape index (κ1) is 16.1. The predicted octanol–water partition coefficient (Wildman–Crippen LogP) is 6.16. The van der Waals surface area contributed by atoms with E-state index in [0.29, 0.717) is 21.8 Å². The van der Waals surface area contributed by atoms with Crippen LogP contribution in [0.4, 0.5) is 5.69 Å². The summed E-state index contributed by atoms with van der Waals surface area (Å²) in [5, 5.41) is 3.87. The first-order valence-electron chi connectivity index (χ1n) is 6.99. The molecule has 0 unspecified atom stereocenters. The van der Waals surface area contributed by atoms with Crippen LogP contribution in [0.2, 0.25) is 9.49 Å². The van der Waals surface area contributed by atoms with Crippen molar-refractivity contribution in [1.82, 2.24) is 4.98 Å². The van der Waals surface area contributed by atoms with Gasteiger partial charge in [0, 0.05) is 11.1 Å². The van der Waals surface area contributed by atoms with Crippen molar-refractivity contribution in [3.63, 3.8) is 0 Å². The molecule has 118 valence electrons. The Morgan fingerprint density at radius 3 is 2.61 bits per heavy atom. The lowest BCUT2D eigenvalue weighted by Gasteiger charge is -2.14. The van der Waals surface area contributed by atoms with Crippen LogP contribution in [-0.4, -0.2) is 4.98 Å². The third-order valence-corrected chi connectivity index (χ3v) is 4.60. The third kappa shape index (κ3) is 4.16. The Labute approximate surface area is 148 Å². The highest BCUT2D eigenvalue weighted by Gasteiger charge is 2.10. The molecular weight excluding hydrogens is 351 g/mol. The van der Waals surface area contributed by atoms with Gasteiger partial charge in [0.1, 0.15) is 5.75 Å². The number of hydrogen-bond donors (Lipinski definition) is 1. The Bertz CT molecular complexity index is 803. The van der Waals surface area contributed by atoms with Gasteiger partial charge in [-0.25, -0.2) is 4.98 Å². The highest BCUT2D eigenvalue weighted by Crippen LogP contribution is 2.37. The lowest BCUT2D eigenvalue weighted by Crippen LogP contribution is -2.00. The van der Waals surface area contributed by atoms with Gasteiger partial charge in [0.05, 0.1) is 17.3 Å². The normalized spacial score (nSPS) is 10.6. The van der Waals surface area contributed by atoms with Gasteiger partial charge in [-0.2, -0.15) is 0 Å². The Morgan fingerprint density at radius 2 is 1.91 bits per heavy atom. The molecule has 0 spiro atoms. The number of nitrogens with zero attached hydrogens (tertiary/aromatic N) is 1. The van der Waals surface area contributed by atoms with E-state index in [4.69, 9.17) is 27.9 Å². The number of nitrogens with one attached hydrogen (secondary N) is 1. The molecule has 0 atom stereocenters. The number of ether oxygens (including phenoxy) is 1. The molecule has 1 aromatic heterocycles. The lowest BCUT2D eigenvalue weighted by molar-refractivity contribution is 0.484. The molecule has 0 bridgehead atoms. The van der Waals surface area contributed by atoms with E-state index >= 15 is 0 Å². The lowest BCUT2D eigenvalue weighted by atomic mass is 10.2. The van der Waals surface area contributed by atoms with Crippen molar-refractivity contribution >= 4 is 40.2 Å². The van der Waals surface area contributed by atoms with Crippen LogP contribution in [0, 0.1) is 6.92 Å². The van der Waals surface area contributed by atoms with Crippen LogP contribution in [0.5, 0.6) is 11.5 Å². The summed E-state index contributed by atoms with van der Waals surface area (Å²) in [4.78, 5) is 5.07. The van der Waals surface area contributed by atoms with Crippen LogP contribution in [0.25, 0.3) is 0 Å². The second-order valence-corrected chi connectivity index (χ2v) is 7.07. The second kappa shape index (κ2) is 7.21. The molecule has 0 saturated heterocycles. The number of halogens is 2. The van der Waals surface area contributed by atoms with Gasteiger partial charge in [0.2, 0.25) is 0 Å². The van der Waals surface area contributed by atoms with Gasteiger partial charge in [-0.15, -0.1) is 11.3 Å². The Kier molecular flexibility index (Phi) is 5.06. The number of anilines is 1.